The molecule has 0 bridgehead atoms. The number of benzene rings is 2. The number of para-hydroxylation sites is 1. The smallest absolute Gasteiger partial charge is 0.322 e. The average Bonchev–Trinajstić information content (AvgIpc) is 2.97. The number of carbonyl (C=O) groups excluding carboxylic acids is 1. The van der Waals surface area contributed by atoms with E-state index in [1.54, 1.807) is 0 Å². The maximum atomic E-state index is 13.0. The molecule has 2 aromatic carbocycles. The van der Waals surface area contributed by atoms with E-state index < -0.39 is 0 Å². The Morgan fingerprint density at radius 3 is 2.44 bits per heavy atom. The predicted octanol–water partition coefficient (Wildman–Crippen LogP) is 5.12. The van der Waals surface area contributed by atoms with Crippen molar-refractivity contribution in [1.29, 1.82) is 0 Å². The van der Waals surface area contributed by atoms with E-state index >= 15 is 0 Å². The summed E-state index contributed by atoms with van der Waals surface area (Å²) in [4.78, 5) is 16.9. The number of unbranched alkanes of at least 4 members (excludes halogenated alkanes) is 1. The zero-order chi connectivity index (χ0) is 17.8. The second kappa shape index (κ2) is 7.56. The largest absolute Gasteiger partial charge is 0.325 e. The average molecular weight is 334 g/mol. The van der Waals surface area contributed by atoms with Gasteiger partial charge in [0.1, 0.15) is 0 Å². The number of hydrogen-bond acceptors (Lipinski definition) is 1. The second-order valence-corrected chi connectivity index (χ2v) is 6.69. The van der Waals surface area contributed by atoms with Crippen LogP contribution in [0.4, 0.5) is 10.5 Å². The molecule has 0 aromatic heterocycles. The van der Waals surface area contributed by atoms with Crippen LogP contribution >= 0.6 is 0 Å². The lowest BCUT2D eigenvalue weighted by Gasteiger charge is -2.25. The molecule has 1 aliphatic rings. The molecule has 0 saturated carbocycles. The van der Waals surface area contributed by atoms with Crippen LogP contribution in [0.15, 0.2) is 61.2 Å². The predicted molar refractivity (Wildman–Crippen MR) is 105 cm³/mol. The highest BCUT2D eigenvalue weighted by Gasteiger charge is 2.39. The van der Waals surface area contributed by atoms with Crippen molar-refractivity contribution < 1.29 is 4.79 Å². The maximum absolute atomic E-state index is 13.0. The van der Waals surface area contributed by atoms with E-state index in [0.29, 0.717) is 6.54 Å². The maximum Gasteiger partial charge on any atom is 0.325 e. The Labute approximate surface area is 150 Å². The van der Waals surface area contributed by atoms with Crippen molar-refractivity contribution in [3.63, 3.8) is 0 Å². The zero-order valence-electron chi connectivity index (χ0n) is 15.1. The molecule has 1 atom stereocenters. The van der Waals surface area contributed by atoms with Gasteiger partial charge in [-0.2, -0.15) is 0 Å². The van der Waals surface area contributed by atoms with Crippen molar-refractivity contribution in [2.24, 2.45) is 0 Å². The van der Waals surface area contributed by atoms with Gasteiger partial charge in [-0.25, -0.2) is 4.79 Å². The Hall–Kier alpha value is -2.55. The third-order valence-electron chi connectivity index (χ3n) is 4.82. The zero-order valence-corrected chi connectivity index (χ0v) is 15.1. The highest BCUT2D eigenvalue weighted by molar-refractivity contribution is 5.98. The molecule has 2 aromatic rings. The Balaban J connectivity index is 1.92. The van der Waals surface area contributed by atoms with Crippen molar-refractivity contribution in [1.82, 2.24) is 4.90 Å². The molecule has 25 heavy (non-hydrogen) atoms. The second-order valence-electron chi connectivity index (χ2n) is 6.69. The van der Waals surface area contributed by atoms with Gasteiger partial charge in [0, 0.05) is 18.8 Å². The molecule has 130 valence electrons. The molecular formula is C22H26N2O. The first-order valence-corrected chi connectivity index (χ1v) is 9.01. The fourth-order valence-electron chi connectivity index (χ4n) is 3.30. The summed E-state index contributed by atoms with van der Waals surface area (Å²) < 4.78 is 0. The number of amides is 2. The van der Waals surface area contributed by atoms with E-state index in [1.807, 2.05) is 40.1 Å². The number of urea groups is 1. The van der Waals surface area contributed by atoms with Crippen LogP contribution in [0.25, 0.3) is 5.57 Å². The van der Waals surface area contributed by atoms with Crippen molar-refractivity contribution in [3.8, 4) is 0 Å². The molecule has 3 nitrogen and oxygen atoms in total. The van der Waals surface area contributed by atoms with E-state index in [1.165, 1.54) is 5.56 Å². The van der Waals surface area contributed by atoms with Crippen LogP contribution < -0.4 is 4.90 Å². The molecule has 0 radical (unpaired) electrons. The van der Waals surface area contributed by atoms with Crippen LogP contribution in [0.3, 0.4) is 0 Å². The fraction of sp³-hybridized carbons (Fsp3) is 0.318. The topological polar surface area (TPSA) is 23.6 Å². The normalized spacial score (nSPS) is 17.2. The number of hydrogen-bond donors (Lipinski definition) is 0. The SMILES string of the molecule is C=C(c1ccc(C)cc1)C1CN(CCCC)C(=O)N1c1ccccc1. The van der Waals surface area contributed by atoms with Gasteiger partial charge in [0.2, 0.25) is 0 Å². The van der Waals surface area contributed by atoms with Gasteiger partial charge in [-0.15, -0.1) is 0 Å². The Morgan fingerprint density at radius 2 is 1.80 bits per heavy atom. The van der Waals surface area contributed by atoms with E-state index in [2.05, 4.69) is 44.7 Å². The summed E-state index contributed by atoms with van der Waals surface area (Å²) >= 11 is 0. The molecule has 1 heterocycles. The summed E-state index contributed by atoms with van der Waals surface area (Å²) in [6.07, 6.45) is 2.11. The number of carbonyl (C=O) groups is 1. The van der Waals surface area contributed by atoms with E-state index in [4.69, 9.17) is 0 Å². The van der Waals surface area contributed by atoms with Crippen LogP contribution in [-0.4, -0.2) is 30.1 Å². The molecule has 1 unspecified atom stereocenters. The van der Waals surface area contributed by atoms with E-state index in [9.17, 15) is 4.79 Å². The van der Waals surface area contributed by atoms with Gasteiger partial charge in [0.15, 0.2) is 0 Å². The minimum Gasteiger partial charge on any atom is -0.322 e. The minimum absolute atomic E-state index is 0.0329. The summed E-state index contributed by atoms with van der Waals surface area (Å²) in [5, 5.41) is 0. The molecule has 0 aliphatic carbocycles. The highest BCUT2D eigenvalue weighted by Crippen LogP contribution is 2.32. The highest BCUT2D eigenvalue weighted by atomic mass is 16.2. The van der Waals surface area contributed by atoms with Gasteiger partial charge < -0.3 is 4.90 Å². The van der Waals surface area contributed by atoms with Crippen LogP contribution in [-0.2, 0) is 0 Å². The van der Waals surface area contributed by atoms with Crippen LogP contribution in [0.2, 0.25) is 0 Å². The number of aryl methyl sites for hydroxylation is 1. The van der Waals surface area contributed by atoms with Crippen LogP contribution in [0, 0.1) is 6.92 Å². The standard InChI is InChI=1S/C22H26N2O/c1-4-5-15-23-16-21(18(3)19-13-11-17(2)12-14-19)24(22(23)25)20-9-7-6-8-10-20/h6-14,21H,3-5,15-16H2,1-2H3. The lowest BCUT2D eigenvalue weighted by atomic mass is 9.98. The summed E-state index contributed by atoms with van der Waals surface area (Å²) in [5.74, 6) is 0. The monoisotopic (exact) mass is 334 g/mol. The molecule has 1 saturated heterocycles. The Kier molecular flexibility index (Phi) is 5.22. The van der Waals surface area contributed by atoms with Gasteiger partial charge in [0.05, 0.1) is 6.04 Å². The van der Waals surface area contributed by atoms with Gasteiger partial charge >= 0.3 is 6.03 Å². The van der Waals surface area contributed by atoms with Gasteiger partial charge in [0.25, 0.3) is 0 Å². The van der Waals surface area contributed by atoms with Crippen molar-refractivity contribution >= 4 is 17.3 Å². The Morgan fingerprint density at radius 1 is 1.12 bits per heavy atom. The third kappa shape index (κ3) is 3.60. The first-order valence-electron chi connectivity index (χ1n) is 9.01. The summed E-state index contributed by atoms with van der Waals surface area (Å²) in [6.45, 7) is 10.1. The number of anilines is 1. The molecule has 0 spiro atoms. The number of rotatable bonds is 6. The van der Waals surface area contributed by atoms with Gasteiger partial charge in [-0.3, -0.25) is 4.90 Å². The van der Waals surface area contributed by atoms with Crippen molar-refractivity contribution in [2.75, 3.05) is 18.0 Å². The summed E-state index contributed by atoms with van der Waals surface area (Å²) in [6, 6.07) is 18.4. The van der Waals surface area contributed by atoms with Crippen molar-refractivity contribution in [3.05, 3.63) is 72.3 Å². The quantitative estimate of drug-likeness (QED) is 0.719. The summed E-state index contributed by atoms with van der Waals surface area (Å²) in [5.41, 5.74) is 4.26. The molecule has 3 rings (SSSR count). The van der Waals surface area contributed by atoms with E-state index in [-0.39, 0.29) is 12.1 Å². The lowest BCUT2D eigenvalue weighted by molar-refractivity contribution is 0.220. The molecule has 3 heteroatoms. The van der Waals surface area contributed by atoms with Crippen molar-refractivity contribution in [2.45, 2.75) is 32.7 Å². The fourth-order valence-corrected chi connectivity index (χ4v) is 3.30. The van der Waals surface area contributed by atoms with Gasteiger partial charge in [-0.1, -0.05) is 68.0 Å². The lowest BCUT2D eigenvalue weighted by Crippen LogP contribution is -2.35. The van der Waals surface area contributed by atoms with E-state index in [0.717, 1.165) is 36.2 Å². The third-order valence-corrected chi connectivity index (χ3v) is 4.82. The first-order chi connectivity index (χ1) is 12.1. The number of nitrogens with zero attached hydrogens (tertiary/aromatic N) is 2. The van der Waals surface area contributed by atoms with Crippen LogP contribution in [0.5, 0.6) is 0 Å². The molecule has 0 N–H and O–H groups in total. The first kappa shape index (κ1) is 17.3. The molecule has 1 aliphatic heterocycles. The van der Waals surface area contributed by atoms with Crippen LogP contribution in [0.1, 0.15) is 30.9 Å². The minimum atomic E-state index is -0.0329. The molecular weight excluding hydrogens is 308 g/mol. The molecule has 2 amide bonds. The summed E-state index contributed by atoms with van der Waals surface area (Å²) in [7, 11) is 0. The Bertz CT molecular complexity index is 736. The van der Waals surface area contributed by atoms with Gasteiger partial charge in [-0.05, 0) is 36.6 Å². The molecule has 1 fully saturated rings.